The number of benzene rings is 2. The molecule has 2 aromatic carbocycles. The summed E-state index contributed by atoms with van der Waals surface area (Å²) in [4.78, 5) is 17.9. The molecular weight excluding hydrogens is 601 g/mol. The van der Waals surface area contributed by atoms with Crippen LogP contribution in [-0.4, -0.2) is 87.1 Å². The monoisotopic (exact) mass is 643 g/mol. The lowest BCUT2D eigenvalue weighted by Crippen LogP contribution is -2.47. The average molecular weight is 645 g/mol. The van der Waals surface area contributed by atoms with Gasteiger partial charge in [-0.25, -0.2) is 8.42 Å². The SMILES string of the molecule is C[C@H]1CCCCO[C@H](CN(C)Cc2ccc(Cl)c(Cl)c2)[C@@H](C)CN([C@@H](C)CO)C(=O)c2cc(NS(C)(=O)=O)ccc2O1. The molecule has 0 aliphatic carbocycles. The maximum absolute atomic E-state index is 14.1. The highest BCUT2D eigenvalue weighted by Crippen LogP contribution is 2.29. The molecule has 0 aromatic heterocycles. The summed E-state index contributed by atoms with van der Waals surface area (Å²) >= 11 is 12.3. The van der Waals surface area contributed by atoms with Crippen LogP contribution < -0.4 is 9.46 Å². The molecular formula is C30H43Cl2N3O6S. The molecule has 234 valence electrons. The summed E-state index contributed by atoms with van der Waals surface area (Å²) in [5, 5.41) is 11.1. The Labute approximate surface area is 260 Å². The van der Waals surface area contributed by atoms with E-state index in [0.717, 1.165) is 31.1 Å². The van der Waals surface area contributed by atoms with Gasteiger partial charge in [-0.2, -0.15) is 0 Å². The number of carbonyl (C=O) groups excluding carboxylic acids is 1. The quantitative estimate of drug-likeness (QED) is 0.402. The Kier molecular flexibility index (Phi) is 12.8. The van der Waals surface area contributed by atoms with Gasteiger partial charge in [0.25, 0.3) is 5.91 Å². The number of fused-ring (bicyclic) bond motifs is 1. The number of nitrogens with zero attached hydrogens (tertiary/aromatic N) is 2. The second-order valence-corrected chi connectivity index (χ2v) is 13.9. The van der Waals surface area contributed by atoms with Gasteiger partial charge in [0.1, 0.15) is 5.75 Å². The zero-order valence-corrected chi connectivity index (χ0v) is 27.3. The van der Waals surface area contributed by atoms with Crippen molar-refractivity contribution in [3.05, 3.63) is 57.6 Å². The largest absolute Gasteiger partial charge is 0.490 e. The Balaban J connectivity index is 1.92. The van der Waals surface area contributed by atoms with Crippen molar-refractivity contribution in [3.63, 3.8) is 0 Å². The number of nitrogens with one attached hydrogen (secondary N) is 1. The average Bonchev–Trinajstić information content (AvgIpc) is 2.91. The number of aliphatic hydroxyl groups excluding tert-OH is 1. The predicted octanol–water partition coefficient (Wildman–Crippen LogP) is 5.29. The predicted molar refractivity (Wildman–Crippen MR) is 168 cm³/mol. The number of hydrogen-bond donors (Lipinski definition) is 2. The summed E-state index contributed by atoms with van der Waals surface area (Å²) in [6.07, 6.45) is 3.17. The number of anilines is 1. The zero-order chi connectivity index (χ0) is 31.0. The lowest BCUT2D eigenvalue weighted by atomic mass is 10.0. The Morgan fingerprint density at radius 1 is 1.14 bits per heavy atom. The van der Waals surface area contributed by atoms with Gasteiger partial charge in [0.05, 0.1) is 46.7 Å². The van der Waals surface area contributed by atoms with Crippen LogP contribution in [0.1, 0.15) is 56.0 Å². The van der Waals surface area contributed by atoms with Gasteiger partial charge in [0, 0.05) is 37.8 Å². The van der Waals surface area contributed by atoms with E-state index in [-0.39, 0.29) is 41.9 Å². The van der Waals surface area contributed by atoms with E-state index in [2.05, 4.69) is 9.62 Å². The van der Waals surface area contributed by atoms with Gasteiger partial charge in [-0.1, -0.05) is 36.2 Å². The number of rotatable bonds is 8. The number of hydrogen-bond acceptors (Lipinski definition) is 7. The van der Waals surface area contributed by atoms with Crippen LogP contribution in [0, 0.1) is 5.92 Å². The summed E-state index contributed by atoms with van der Waals surface area (Å²) in [5.41, 5.74) is 1.52. The highest BCUT2D eigenvalue weighted by atomic mass is 35.5. The van der Waals surface area contributed by atoms with Crippen LogP contribution in [-0.2, 0) is 21.3 Å². The molecule has 0 saturated carbocycles. The van der Waals surface area contributed by atoms with Crippen molar-refractivity contribution < 1.29 is 27.8 Å². The molecule has 4 atom stereocenters. The van der Waals surface area contributed by atoms with Crippen molar-refractivity contribution in [1.82, 2.24) is 9.80 Å². The first-order chi connectivity index (χ1) is 19.8. The fourth-order valence-electron chi connectivity index (χ4n) is 4.98. The minimum absolute atomic E-state index is 0.0947. The molecule has 2 N–H and O–H groups in total. The van der Waals surface area contributed by atoms with Crippen molar-refractivity contribution in [1.29, 1.82) is 0 Å². The fraction of sp³-hybridized carbons (Fsp3) is 0.567. The summed E-state index contributed by atoms with van der Waals surface area (Å²) in [6, 6.07) is 9.79. The first-order valence-electron chi connectivity index (χ1n) is 14.2. The first kappa shape index (κ1) is 34.4. The summed E-state index contributed by atoms with van der Waals surface area (Å²) in [7, 11) is -1.55. The molecule has 12 heteroatoms. The van der Waals surface area contributed by atoms with Gasteiger partial charge in [-0.15, -0.1) is 0 Å². The summed E-state index contributed by atoms with van der Waals surface area (Å²) < 4.78 is 38.9. The second kappa shape index (κ2) is 15.6. The van der Waals surface area contributed by atoms with Gasteiger partial charge in [-0.05, 0) is 76.1 Å². The lowest BCUT2D eigenvalue weighted by Gasteiger charge is -2.36. The molecule has 0 bridgehead atoms. The topological polar surface area (TPSA) is 108 Å². The molecule has 3 rings (SSSR count). The van der Waals surface area contributed by atoms with E-state index in [1.54, 1.807) is 30.0 Å². The fourth-order valence-corrected chi connectivity index (χ4v) is 5.86. The van der Waals surface area contributed by atoms with E-state index in [0.29, 0.717) is 42.0 Å². The number of amides is 1. The van der Waals surface area contributed by atoms with Crippen LogP contribution in [0.3, 0.4) is 0 Å². The van der Waals surface area contributed by atoms with Crippen LogP contribution in [0.4, 0.5) is 5.69 Å². The van der Waals surface area contributed by atoms with Gasteiger partial charge in [-0.3, -0.25) is 14.4 Å². The molecule has 1 aliphatic heterocycles. The van der Waals surface area contributed by atoms with Crippen LogP contribution in [0.2, 0.25) is 10.0 Å². The maximum atomic E-state index is 14.1. The molecule has 0 spiro atoms. The molecule has 0 unspecified atom stereocenters. The Bertz CT molecular complexity index is 1310. The molecule has 1 amide bonds. The maximum Gasteiger partial charge on any atom is 0.258 e. The number of likely N-dealkylation sites (N-methyl/N-ethyl adjacent to an activating group) is 1. The first-order valence-corrected chi connectivity index (χ1v) is 16.9. The summed E-state index contributed by atoms with van der Waals surface area (Å²) in [6.45, 7) is 7.65. The molecule has 0 fully saturated rings. The number of ether oxygens (including phenoxy) is 2. The Morgan fingerprint density at radius 2 is 1.88 bits per heavy atom. The normalized spacial score (nSPS) is 21.8. The molecule has 1 heterocycles. The van der Waals surface area contributed by atoms with E-state index >= 15 is 0 Å². The van der Waals surface area contributed by atoms with Crippen LogP contribution in [0.15, 0.2) is 36.4 Å². The Morgan fingerprint density at radius 3 is 2.55 bits per heavy atom. The number of halogens is 2. The third kappa shape index (κ3) is 10.3. The molecule has 9 nitrogen and oxygen atoms in total. The summed E-state index contributed by atoms with van der Waals surface area (Å²) in [5.74, 6) is -0.0777. The van der Waals surface area contributed by atoms with Crippen molar-refractivity contribution >= 4 is 44.8 Å². The van der Waals surface area contributed by atoms with Crippen molar-refractivity contribution in [3.8, 4) is 5.75 Å². The molecule has 0 radical (unpaired) electrons. The van der Waals surface area contributed by atoms with E-state index in [9.17, 15) is 18.3 Å². The highest BCUT2D eigenvalue weighted by Gasteiger charge is 2.30. The third-order valence-electron chi connectivity index (χ3n) is 7.28. The van der Waals surface area contributed by atoms with Crippen LogP contribution >= 0.6 is 23.2 Å². The minimum Gasteiger partial charge on any atom is -0.490 e. The van der Waals surface area contributed by atoms with Gasteiger partial charge in [0.2, 0.25) is 10.0 Å². The number of aliphatic hydroxyl groups is 1. The van der Waals surface area contributed by atoms with E-state index in [4.69, 9.17) is 32.7 Å². The molecule has 42 heavy (non-hydrogen) atoms. The smallest absolute Gasteiger partial charge is 0.258 e. The third-order valence-corrected chi connectivity index (χ3v) is 8.63. The van der Waals surface area contributed by atoms with Crippen LogP contribution in [0.5, 0.6) is 5.75 Å². The van der Waals surface area contributed by atoms with E-state index in [1.807, 2.05) is 33.0 Å². The van der Waals surface area contributed by atoms with Gasteiger partial charge >= 0.3 is 0 Å². The minimum atomic E-state index is -3.56. The van der Waals surface area contributed by atoms with Crippen molar-refractivity contribution in [2.45, 2.75) is 64.8 Å². The Hall–Kier alpha value is -2.08. The lowest BCUT2D eigenvalue weighted by molar-refractivity contribution is -0.0177. The number of carbonyl (C=O) groups is 1. The van der Waals surface area contributed by atoms with Gasteiger partial charge in [0.15, 0.2) is 0 Å². The highest BCUT2D eigenvalue weighted by molar-refractivity contribution is 7.92. The zero-order valence-electron chi connectivity index (χ0n) is 25.0. The van der Waals surface area contributed by atoms with E-state index in [1.165, 1.54) is 6.07 Å². The molecule has 2 aromatic rings. The molecule has 1 aliphatic rings. The van der Waals surface area contributed by atoms with Crippen LogP contribution in [0.25, 0.3) is 0 Å². The standard InChI is InChI=1S/C30H43Cl2N3O6S/c1-20-16-35(21(2)19-36)30(37)25-15-24(33-42(5,38)39)10-12-28(25)41-22(3)8-6-7-13-40-29(20)18-34(4)17-23-9-11-26(31)27(32)14-23/h9-12,14-15,20-22,29,33,36H,6-8,13,16-19H2,1-5H3/t20-,21-,22-,29+/m0/s1. The number of sulfonamides is 1. The second-order valence-electron chi connectivity index (χ2n) is 11.3. The van der Waals surface area contributed by atoms with E-state index < -0.39 is 16.1 Å². The van der Waals surface area contributed by atoms with Crippen molar-refractivity contribution in [2.75, 3.05) is 44.3 Å². The molecule has 0 saturated heterocycles. The van der Waals surface area contributed by atoms with Crippen molar-refractivity contribution in [2.24, 2.45) is 5.92 Å². The van der Waals surface area contributed by atoms with Gasteiger partial charge < -0.3 is 19.5 Å².